The van der Waals surface area contributed by atoms with Gasteiger partial charge < -0.3 is 10.6 Å². The molecule has 2 nitrogen and oxygen atoms in total. The van der Waals surface area contributed by atoms with E-state index in [0.717, 1.165) is 13.0 Å². The van der Waals surface area contributed by atoms with E-state index in [2.05, 4.69) is 4.90 Å². The fraction of sp³-hybridized carbons (Fsp3) is 0.500. The zero-order valence-electron chi connectivity index (χ0n) is 9.71. The fourth-order valence-electron chi connectivity index (χ4n) is 1.51. The number of benzene rings is 1. The van der Waals surface area contributed by atoms with Crippen LogP contribution in [-0.4, -0.2) is 31.6 Å². The van der Waals surface area contributed by atoms with E-state index in [-0.39, 0.29) is 11.9 Å². The summed E-state index contributed by atoms with van der Waals surface area (Å²) < 4.78 is 13.4. The molecule has 16 heavy (non-hydrogen) atoms. The molecule has 1 rings (SSSR count). The van der Waals surface area contributed by atoms with E-state index in [1.807, 2.05) is 14.1 Å². The standard InChI is InChI=1S/C12H18ClFN2/c1-16(2)6-5-11(15)8-9-7-10(13)3-4-12(9)14/h3-4,7,11H,5-6,8,15H2,1-2H3. The van der Waals surface area contributed by atoms with Crippen molar-refractivity contribution in [3.05, 3.63) is 34.6 Å². The van der Waals surface area contributed by atoms with Crippen LogP contribution in [-0.2, 0) is 6.42 Å². The molecule has 4 heteroatoms. The maximum Gasteiger partial charge on any atom is 0.126 e. The SMILES string of the molecule is CN(C)CCC(N)Cc1cc(Cl)ccc1F. The molecule has 0 aliphatic carbocycles. The number of nitrogens with zero attached hydrogens (tertiary/aromatic N) is 1. The topological polar surface area (TPSA) is 29.3 Å². The van der Waals surface area contributed by atoms with Gasteiger partial charge in [0.05, 0.1) is 0 Å². The molecule has 0 aliphatic heterocycles. The normalized spacial score (nSPS) is 13.1. The molecule has 1 aromatic rings. The predicted octanol–water partition coefficient (Wildman–Crippen LogP) is 2.30. The summed E-state index contributed by atoms with van der Waals surface area (Å²) in [6, 6.07) is 4.55. The van der Waals surface area contributed by atoms with Crippen molar-refractivity contribution in [3.63, 3.8) is 0 Å². The van der Waals surface area contributed by atoms with Crippen molar-refractivity contribution in [2.24, 2.45) is 5.73 Å². The van der Waals surface area contributed by atoms with E-state index in [1.54, 1.807) is 12.1 Å². The van der Waals surface area contributed by atoms with Gasteiger partial charge in [-0.3, -0.25) is 0 Å². The Morgan fingerprint density at radius 1 is 1.44 bits per heavy atom. The predicted molar refractivity (Wildman–Crippen MR) is 66.3 cm³/mol. The van der Waals surface area contributed by atoms with Gasteiger partial charge in [0.25, 0.3) is 0 Å². The molecule has 0 radical (unpaired) electrons. The molecule has 1 aromatic carbocycles. The lowest BCUT2D eigenvalue weighted by atomic mass is 10.0. The molecule has 1 atom stereocenters. The lowest BCUT2D eigenvalue weighted by molar-refractivity contribution is 0.378. The van der Waals surface area contributed by atoms with Crippen LogP contribution in [0.15, 0.2) is 18.2 Å². The summed E-state index contributed by atoms with van der Waals surface area (Å²) in [7, 11) is 3.99. The summed E-state index contributed by atoms with van der Waals surface area (Å²) in [6.45, 7) is 0.906. The van der Waals surface area contributed by atoms with E-state index >= 15 is 0 Å². The van der Waals surface area contributed by atoms with Gasteiger partial charge in [-0.1, -0.05) is 11.6 Å². The van der Waals surface area contributed by atoms with Crippen LogP contribution in [0.2, 0.25) is 5.02 Å². The third-order valence-corrected chi connectivity index (χ3v) is 2.67. The first-order valence-electron chi connectivity index (χ1n) is 5.33. The first-order chi connectivity index (χ1) is 7.49. The van der Waals surface area contributed by atoms with Gasteiger partial charge in [-0.2, -0.15) is 0 Å². The summed E-state index contributed by atoms with van der Waals surface area (Å²) >= 11 is 5.81. The summed E-state index contributed by atoms with van der Waals surface area (Å²) in [4.78, 5) is 2.06. The van der Waals surface area contributed by atoms with Crippen LogP contribution in [0.5, 0.6) is 0 Å². The van der Waals surface area contributed by atoms with Crippen LogP contribution in [0.3, 0.4) is 0 Å². The summed E-state index contributed by atoms with van der Waals surface area (Å²) in [5, 5.41) is 0.552. The molecule has 2 N–H and O–H groups in total. The summed E-state index contributed by atoms with van der Waals surface area (Å²) in [5.41, 5.74) is 6.53. The number of nitrogens with two attached hydrogens (primary N) is 1. The second-order valence-electron chi connectivity index (χ2n) is 4.29. The van der Waals surface area contributed by atoms with E-state index in [9.17, 15) is 4.39 Å². The van der Waals surface area contributed by atoms with Gasteiger partial charge >= 0.3 is 0 Å². The number of hydrogen-bond acceptors (Lipinski definition) is 2. The van der Waals surface area contributed by atoms with Gasteiger partial charge in [0.15, 0.2) is 0 Å². The molecule has 0 saturated carbocycles. The maximum atomic E-state index is 13.4. The fourth-order valence-corrected chi connectivity index (χ4v) is 1.70. The minimum atomic E-state index is -0.232. The van der Waals surface area contributed by atoms with Gasteiger partial charge in [-0.05, 0) is 57.2 Å². The van der Waals surface area contributed by atoms with Gasteiger partial charge in [0.2, 0.25) is 0 Å². The third-order valence-electron chi connectivity index (χ3n) is 2.44. The lowest BCUT2D eigenvalue weighted by Crippen LogP contribution is -2.28. The highest BCUT2D eigenvalue weighted by atomic mass is 35.5. The molecular formula is C12H18ClFN2. The van der Waals surface area contributed by atoms with Crippen molar-refractivity contribution in [1.82, 2.24) is 4.90 Å². The monoisotopic (exact) mass is 244 g/mol. The first kappa shape index (κ1) is 13.4. The van der Waals surface area contributed by atoms with Crippen LogP contribution < -0.4 is 5.73 Å². The quantitative estimate of drug-likeness (QED) is 0.861. The number of hydrogen-bond donors (Lipinski definition) is 1. The molecule has 0 aliphatic rings. The van der Waals surface area contributed by atoms with Crippen LogP contribution in [0.1, 0.15) is 12.0 Å². The molecule has 0 heterocycles. The molecular weight excluding hydrogens is 227 g/mol. The third kappa shape index (κ3) is 4.47. The maximum absolute atomic E-state index is 13.4. The van der Waals surface area contributed by atoms with Crippen molar-refractivity contribution in [2.45, 2.75) is 18.9 Å². The van der Waals surface area contributed by atoms with Crippen molar-refractivity contribution in [1.29, 1.82) is 0 Å². The van der Waals surface area contributed by atoms with Crippen molar-refractivity contribution >= 4 is 11.6 Å². The average Bonchev–Trinajstić information content (AvgIpc) is 2.20. The number of rotatable bonds is 5. The zero-order chi connectivity index (χ0) is 12.1. The van der Waals surface area contributed by atoms with Crippen molar-refractivity contribution in [2.75, 3.05) is 20.6 Å². The number of halogens is 2. The van der Waals surface area contributed by atoms with E-state index in [4.69, 9.17) is 17.3 Å². The Labute approximate surface area is 101 Å². The molecule has 0 saturated heterocycles. The lowest BCUT2D eigenvalue weighted by Gasteiger charge is -2.15. The van der Waals surface area contributed by atoms with E-state index < -0.39 is 0 Å². The van der Waals surface area contributed by atoms with E-state index in [1.165, 1.54) is 6.07 Å². The van der Waals surface area contributed by atoms with Gasteiger partial charge in [-0.15, -0.1) is 0 Å². The van der Waals surface area contributed by atoms with Gasteiger partial charge in [0.1, 0.15) is 5.82 Å². The molecule has 90 valence electrons. The largest absolute Gasteiger partial charge is 0.327 e. The molecule has 0 bridgehead atoms. The Hall–Kier alpha value is -0.640. The Balaban J connectivity index is 2.55. The smallest absolute Gasteiger partial charge is 0.126 e. The van der Waals surface area contributed by atoms with Gasteiger partial charge in [-0.25, -0.2) is 4.39 Å². The summed E-state index contributed by atoms with van der Waals surface area (Å²) in [6.07, 6.45) is 1.37. The molecule has 1 unspecified atom stereocenters. The minimum Gasteiger partial charge on any atom is -0.327 e. The second kappa shape index (κ2) is 6.18. The van der Waals surface area contributed by atoms with Crippen molar-refractivity contribution in [3.8, 4) is 0 Å². The summed E-state index contributed by atoms with van der Waals surface area (Å²) in [5.74, 6) is -0.232. The molecule has 0 fully saturated rings. The minimum absolute atomic E-state index is 0.0321. The Morgan fingerprint density at radius 3 is 2.75 bits per heavy atom. The van der Waals surface area contributed by atoms with Crippen LogP contribution in [0.25, 0.3) is 0 Å². The Bertz CT molecular complexity index is 342. The first-order valence-corrected chi connectivity index (χ1v) is 5.71. The van der Waals surface area contributed by atoms with Crippen LogP contribution in [0, 0.1) is 5.82 Å². The Kier molecular flexibility index (Phi) is 5.19. The molecule has 0 amide bonds. The highest BCUT2D eigenvalue weighted by Crippen LogP contribution is 2.16. The average molecular weight is 245 g/mol. The molecule has 0 spiro atoms. The van der Waals surface area contributed by atoms with Gasteiger partial charge in [0, 0.05) is 11.1 Å². The highest BCUT2D eigenvalue weighted by Gasteiger charge is 2.09. The zero-order valence-corrected chi connectivity index (χ0v) is 10.5. The van der Waals surface area contributed by atoms with Crippen molar-refractivity contribution < 1.29 is 4.39 Å². The van der Waals surface area contributed by atoms with E-state index in [0.29, 0.717) is 17.0 Å². The van der Waals surface area contributed by atoms with Crippen LogP contribution in [0.4, 0.5) is 4.39 Å². The highest BCUT2D eigenvalue weighted by molar-refractivity contribution is 6.30. The second-order valence-corrected chi connectivity index (χ2v) is 4.73. The molecule has 0 aromatic heterocycles. The van der Waals surface area contributed by atoms with Crippen LogP contribution >= 0.6 is 11.6 Å². The Morgan fingerprint density at radius 2 is 2.12 bits per heavy atom.